The van der Waals surface area contributed by atoms with Gasteiger partial charge >= 0.3 is 0 Å². The second-order valence-corrected chi connectivity index (χ2v) is 7.28. The van der Waals surface area contributed by atoms with E-state index in [2.05, 4.69) is 37.6 Å². The molecule has 0 spiro atoms. The lowest BCUT2D eigenvalue weighted by molar-refractivity contribution is 0.263. The maximum absolute atomic E-state index is 6.28. The van der Waals surface area contributed by atoms with Gasteiger partial charge in [-0.1, -0.05) is 39.3 Å². The van der Waals surface area contributed by atoms with Crippen LogP contribution >= 0.6 is 11.6 Å². The third kappa shape index (κ3) is 3.25. The lowest BCUT2D eigenvalue weighted by atomic mass is 9.80. The summed E-state index contributed by atoms with van der Waals surface area (Å²) in [4.78, 5) is 11.5. The van der Waals surface area contributed by atoms with E-state index in [1.165, 1.54) is 6.42 Å². The van der Waals surface area contributed by atoms with Crippen molar-refractivity contribution in [1.82, 2.24) is 9.97 Å². The Morgan fingerprint density at radius 3 is 2.55 bits per heavy atom. The number of hydrogen-bond acceptors (Lipinski definition) is 3. The molecular weight excluding hydrogens is 270 g/mol. The van der Waals surface area contributed by atoms with Crippen LogP contribution in [0.1, 0.15) is 51.9 Å². The zero-order valence-corrected chi connectivity index (χ0v) is 14.1. The summed E-state index contributed by atoms with van der Waals surface area (Å²) in [7, 11) is 0. The lowest BCUT2D eigenvalue weighted by Crippen LogP contribution is -2.27. The highest BCUT2D eigenvalue weighted by Gasteiger charge is 2.33. The molecule has 0 radical (unpaired) electrons. The van der Waals surface area contributed by atoms with E-state index in [0.29, 0.717) is 16.5 Å². The van der Waals surface area contributed by atoms with Crippen molar-refractivity contribution in [3.63, 3.8) is 0 Å². The van der Waals surface area contributed by atoms with Crippen molar-refractivity contribution in [2.24, 2.45) is 11.3 Å². The molecule has 0 N–H and O–H groups in total. The minimum atomic E-state index is 0.353. The fraction of sp³-hybridized carbons (Fsp3) is 0.750. The van der Waals surface area contributed by atoms with E-state index in [-0.39, 0.29) is 0 Å². The molecular formula is C16H26ClN3. The molecule has 1 unspecified atom stereocenters. The van der Waals surface area contributed by atoms with Gasteiger partial charge in [0, 0.05) is 25.1 Å². The first kappa shape index (κ1) is 15.6. The zero-order chi connectivity index (χ0) is 14.9. The molecule has 1 aliphatic heterocycles. The average Bonchev–Trinajstić information content (AvgIpc) is 2.83. The Kier molecular flexibility index (Phi) is 4.58. The lowest BCUT2D eigenvalue weighted by Gasteiger charge is -2.27. The van der Waals surface area contributed by atoms with Gasteiger partial charge in [0.2, 0.25) is 0 Å². The first-order chi connectivity index (χ1) is 9.32. The number of hydrogen-bond donors (Lipinski definition) is 0. The monoisotopic (exact) mass is 295 g/mol. The molecule has 1 atom stereocenters. The van der Waals surface area contributed by atoms with E-state index in [4.69, 9.17) is 16.6 Å². The van der Waals surface area contributed by atoms with E-state index in [1.54, 1.807) is 0 Å². The number of aryl methyl sites for hydroxylation is 1. The summed E-state index contributed by atoms with van der Waals surface area (Å²) in [6, 6.07) is 0. The van der Waals surface area contributed by atoms with E-state index >= 15 is 0 Å². The highest BCUT2D eigenvalue weighted by molar-refractivity contribution is 6.30. The summed E-state index contributed by atoms with van der Waals surface area (Å²) in [5, 5.41) is 0.609. The van der Waals surface area contributed by atoms with Crippen molar-refractivity contribution < 1.29 is 0 Å². The van der Waals surface area contributed by atoms with Crippen molar-refractivity contribution in [3.8, 4) is 0 Å². The van der Waals surface area contributed by atoms with Gasteiger partial charge in [0.1, 0.15) is 16.8 Å². The first-order valence-corrected chi connectivity index (χ1v) is 7.98. The van der Waals surface area contributed by atoms with Gasteiger partial charge in [-0.15, -0.1) is 0 Å². The summed E-state index contributed by atoms with van der Waals surface area (Å²) in [6.45, 7) is 13.3. The smallest absolute Gasteiger partial charge is 0.137 e. The maximum Gasteiger partial charge on any atom is 0.137 e. The first-order valence-electron chi connectivity index (χ1n) is 7.61. The van der Waals surface area contributed by atoms with E-state index in [0.717, 1.165) is 43.1 Å². The summed E-state index contributed by atoms with van der Waals surface area (Å²) < 4.78 is 0. The predicted octanol–water partition coefficient (Wildman–Crippen LogP) is 4.26. The van der Waals surface area contributed by atoms with Crippen LogP contribution in [0.5, 0.6) is 0 Å². The summed E-state index contributed by atoms with van der Waals surface area (Å²) in [5.41, 5.74) is 1.37. The molecule has 1 aromatic rings. The number of rotatable bonds is 3. The number of aromatic nitrogens is 2. The van der Waals surface area contributed by atoms with Gasteiger partial charge in [-0.25, -0.2) is 9.97 Å². The minimum absolute atomic E-state index is 0.353. The molecule has 1 aromatic heterocycles. The molecule has 4 heteroatoms. The van der Waals surface area contributed by atoms with Crippen LogP contribution in [-0.2, 0) is 6.42 Å². The van der Waals surface area contributed by atoms with Crippen LogP contribution < -0.4 is 4.90 Å². The molecule has 1 aliphatic rings. The van der Waals surface area contributed by atoms with Crippen molar-refractivity contribution >= 4 is 17.4 Å². The van der Waals surface area contributed by atoms with Crippen LogP contribution in [0.2, 0.25) is 5.15 Å². The van der Waals surface area contributed by atoms with Crippen molar-refractivity contribution in [2.45, 2.75) is 53.9 Å². The predicted molar refractivity (Wildman–Crippen MR) is 85.5 cm³/mol. The fourth-order valence-corrected chi connectivity index (χ4v) is 3.01. The van der Waals surface area contributed by atoms with E-state index < -0.39 is 0 Å². The Balaban J connectivity index is 2.25. The van der Waals surface area contributed by atoms with Crippen LogP contribution in [0.3, 0.4) is 0 Å². The molecule has 0 saturated carbocycles. The third-order valence-corrected chi connectivity index (χ3v) is 4.66. The van der Waals surface area contributed by atoms with Crippen LogP contribution in [0, 0.1) is 18.3 Å². The molecule has 0 aliphatic carbocycles. The molecule has 112 valence electrons. The molecule has 1 saturated heterocycles. The Hall–Kier alpha value is -0.830. The Bertz CT molecular complexity index is 479. The van der Waals surface area contributed by atoms with Crippen LogP contribution in [0.25, 0.3) is 0 Å². The van der Waals surface area contributed by atoms with Gasteiger partial charge in [0.25, 0.3) is 0 Å². The minimum Gasteiger partial charge on any atom is -0.356 e. The zero-order valence-electron chi connectivity index (χ0n) is 13.3. The molecule has 2 rings (SSSR count). The standard InChI is InChI=1S/C16H26ClN3/c1-6-7-13-18-14(17)11(2)15(19-13)20-9-8-12(10-20)16(3,4)5/h12H,6-10H2,1-5H3. The molecule has 2 heterocycles. The van der Waals surface area contributed by atoms with Gasteiger partial charge < -0.3 is 4.90 Å². The van der Waals surface area contributed by atoms with Gasteiger partial charge in [-0.05, 0) is 31.1 Å². The summed E-state index contributed by atoms with van der Waals surface area (Å²) >= 11 is 6.28. The Labute approximate surface area is 127 Å². The summed E-state index contributed by atoms with van der Waals surface area (Å²) in [5.74, 6) is 2.63. The van der Waals surface area contributed by atoms with Gasteiger partial charge in [-0.3, -0.25) is 0 Å². The number of nitrogens with zero attached hydrogens (tertiary/aromatic N) is 3. The topological polar surface area (TPSA) is 29.0 Å². The Morgan fingerprint density at radius 2 is 2.00 bits per heavy atom. The number of anilines is 1. The highest BCUT2D eigenvalue weighted by Crippen LogP contribution is 2.36. The second kappa shape index (κ2) is 5.88. The van der Waals surface area contributed by atoms with Gasteiger partial charge in [-0.2, -0.15) is 0 Å². The third-order valence-electron chi connectivity index (χ3n) is 4.29. The van der Waals surface area contributed by atoms with Crippen molar-refractivity contribution in [2.75, 3.05) is 18.0 Å². The number of halogens is 1. The maximum atomic E-state index is 6.28. The van der Waals surface area contributed by atoms with E-state index in [1.807, 2.05) is 6.92 Å². The Morgan fingerprint density at radius 1 is 1.30 bits per heavy atom. The summed E-state index contributed by atoms with van der Waals surface area (Å²) in [6.07, 6.45) is 3.17. The normalized spacial score (nSPS) is 19.7. The largest absolute Gasteiger partial charge is 0.356 e. The molecule has 0 aromatic carbocycles. The second-order valence-electron chi connectivity index (χ2n) is 6.93. The van der Waals surface area contributed by atoms with Crippen LogP contribution in [0.4, 0.5) is 5.82 Å². The van der Waals surface area contributed by atoms with Crippen LogP contribution in [-0.4, -0.2) is 23.1 Å². The molecule has 3 nitrogen and oxygen atoms in total. The molecule has 20 heavy (non-hydrogen) atoms. The van der Waals surface area contributed by atoms with Crippen LogP contribution in [0.15, 0.2) is 0 Å². The van der Waals surface area contributed by atoms with Gasteiger partial charge in [0.15, 0.2) is 0 Å². The quantitative estimate of drug-likeness (QED) is 0.780. The average molecular weight is 296 g/mol. The highest BCUT2D eigenvalue weighted by atomic mass is 35.5. The molecule has 0 bridgehead atoms. The fourth-order valence-electron chi connectivity index (χ4n) is 2.82. The van der Waals surface area contributed by atoms with Crippen molar-refractivity contribution in [1.29, 1.82) is 0 Å². The SMILES string of the molecule is CCCc1nc(Cl)c(C)c(N2CCC(C(C)(C)C)C2)n1. The van der Waals surface area contributed by atoms with Gasteiger partial charge in [0.05, 0.1) is 0 Å². The molecule has 0 amide bonds. The van der Waals surface area contributed by atoms with Crippen molar-refractivity contribution in [3.05, 3.63) is 16.5 Å². The van der Waals surface area contributed by atoms with E-state index in [9.17, 15) is 0 Å². The molecule has 1 fully saturated rings.